The molecule has 1 unspecified atom stereocenters. The van der Waals surface area contributed by atoms with Crippen LogP contribution < -0.4 is 10.1 Å². The van der Waals surface area contributed by atoms with Crippen LogP contribution in [0.3, 0.4) is 0 Å². The number of carbonyl (C=O) groups is 1. The van der Waals surface area contributed by atoms with Gasteiger partial charge in [-0.2, -0.15) is 0 Å². The molecule has 2 aromatic rings. The van der Waals surface area contributed by atoms with Crippen molar-refractivity contribution in [1.29, 1.82) is 0 Å². The standard InChI is InChI=1S/C17H17ClFNO2/c1-12(22-16-8-6-15(19)7-9-16)17(21)20-11-10-13-2-4-14(18)5-3-13/h2-9,12H,10-11H2,1H3,(H,20,21). The second kappa shape index (κ2) is 7.80. The van der Waals surface area contributed by atoms with Crippen LogP contribution in [0, 0.1) is 5.82 Å². The Hall–Kier alpha value is -2.07. The number of ether oxygens (including phenoxy) is 1. The Kier molecular flexibility index (Phi) is 5.78. The quantitative estimate of drug-likeness (QED) is 0.882. The fraction of sp³-hybridized carbons (Fsp3) is 0.235. The Balaban J connectivity index is 1.76. The maximum Gasteiger partial charge on any atom is 0.260 e. The molecule has 0 radical (unpaired) electrons. The van der Waals surface area contributed by atoms with Crippen LogP contribution in [-0.2, 0) is 11.2 Å². The summed E-state index contributed by atoms with van der Waals surface area (Å²) in [7, 11) is 0. The summed E-state index contributed by atoms with van der Waals surface area (Å²) in [6.07, 6.45) is 0.0716. The molecule has 1 amide bonds. The first-order valence-electron chi connectivity index (χ1n) is 6.99. The number of amides is 1. The lowest BCUT2D eigenvalue weighted by Gasteiger charge is -2.14. The van der Waals surface area contributed by atoms with Gasteiger partial charge in [-0.05, 0) is 55.3 Å². The molecule has 1 N–H and O–H groups in total. The van der Waals surface area contributed by atoms with Crippen molar-refractivity contribution < 1.29 is 13.9 Å². The number of nitrogens with one attached hydrogen (secondary N) is 1. The van der Waals surface area contributed by atoms with Crippen LogP contribution in [0.5, 0.6) is 5.75 Å². The Morgan fingerprint density at radius 1 is 1.18 bits per heavy atom. The van der Waals surface area contributed by atoms with Crippen molar-refractivity contribution in [2.75, 3.05) is 6.54 Å². The number of benzene rings is 2. The Labute approximate surface area is 134 Å². The molecule has 0 aromatic heterocycles. The summed E-state index contributed by atoms with van der Waals surface area (Å²) in [6, 6.07) is 13.1. The van der Waals surface area contributed by atoms with Gasteiger partial charge in [0.15, 0.2) is 6.10 Å². The van der Waals surface area contributed by atoms with Crippen molar-refractivity contribution in [2.45, 2.75) is 19.4 Å². The minimum Gasteiger partial charge on any atom is -0.481 e. The van der Waals surface area contributed by atoms with Crippen LogP contribution in [0.25, 0.3) is 0 Å². The molecule has 0 aliphatic heterocycles. The van der Waals surface area contributed by atoms with Gasteiger partial charge >= 0.3 is 0 Å². The SMILES string of the molecule is CC(Oc1ccc(F)cc1)C(=O)NCCc1ccc(Cl)cc1. The van der Waals surface area contributed by atoms with Gasteiger partial charge in [0.25, 0.3) is 5.91 Å². The minimum absolute atomic E-state index is 0.210. The molecule has 22 heavy (non-hydrogen) atoms. The lowest BCUT2D eigenvalue weighted by Crippen LogP contribution is -2.37. The average Bonchev–Trinajstić information content (AvgIpc) is 2.51. The van der Waals surface area contributed by atoms with E-state index < -0.39 is 6.10 Å². The normalized spacial score (nSPS) is 11.8. The number of carbonyl (C=O) groups excluding carboxylic acids is 1. The highest BCUT2D eigenvalue weighted by atomic mass is 35.5. The molecular weight excluding hydrogens is 305 g/mol. The monoisotopic (exact) mass is 321 g/mol. The van der Waals surface area contributed by atoms with E-state index in [1.165, 1.54) is 24.3 Å². The van der Waals surface area contributed by atoms with E-state index in [0.29, 0.717) is 23.7 Å². The molecule has 0 aliphatic rings. The molecule has 0 bridgehead atoms. The zero-order chi connectivity index (χ0) is 15.9. The Bertz CT molecular complexity index is 614. The van der Waals surface area contributed by atoms with Crippen molar-refractivity contribution in [1.82, 2.24) is 5.32 Å². The van der Waals surface area contributed by atoms with Crippen molar-refractivity contribution >= 4 is 17.5 Å². The van der Waals surface area contributed by atoms with E-state index in [2.05, 4.69) is 5.32 Å². The molecule has 3 nitrogen and oxygen atoms in total. The molecule has 0 heterocycles. The zero-order valence-electron chi connectivity index (χ0n) is 12.2. The average molecular weight is 322 g/mol. The van der Waals surface area contributed by atoms with Gasteiger partial charge in [0.2, 0.25) is 0 Å². The van der Waals surface area contributed by atoms with E-state index >= 15 is 0 Å². The summed E-state index contributed by atoms with van der Waals surface area (Å²) in [5.41, 5.74) is 1.09. The highest BCUT2D eigenvalue weighted by Crippen LogP contribution is 2.13. The number of rotatable bonds is 6. The molecule has 2 aromatic carbocycles. The topological polar surface area (TPSA) is 38.3 Å². The first kappa shape index (κ1) is 16.3. The van der Waals surface area contributed by atoms with Crippen LogP contribution in [0.4, 0.5) is 4.39 Å². The molecule has 0 spiro atoms. The molecule has 2 rings (SSSR count). The highest BCUT2D eigenvalue weighted by Gasteiger charge is 2.13. The van der Waals surface area contributed by atoms with Gasteiger partial charge in [0.05, 0.1) is 0 Å². The van der Waals surface area contributed by atoms with Crippen LogP contribution in [-0.4, -0.2) is 18.6 Å². The highest BCUT2D eigenvalue weighted by molar-refractivity contribution is 6.30. The van der Waals surface area contributed by atoms with Crippen LogP contribution in [0.2, 0.25) is 5.02 Å². The predicted molar refractivity (Wildman–Crippen MR) is 84.7 cm³/mol. The second-order valence-corrected chi connectivity index (χ2v) is 5.32. The molecule has 116 valence electrons. The van der Waals surface area contributed by atoms with Gasteiger partial charge in [-0.1, -0.05) is 23.7 Å². The van der Waals surface area contributed by atoms with Crippen LogP contribution in [0.1, 0.15) is 12.5 Å². The maximum absolute atomic E-state index is 12.8. The third kappa shape index (κ3) is 5.04. The second-order valence-electron chi connectivity index (χ2n) is 4.88. The molecule has 5 heteroatoms. The maximum atomic E-state index is 12.8. The summed E-state index contributed by atoms with van der Waals surface area (Å²) in [6.45, 7) is 2.17. The van der Waals surface area contributed by atoms with Gasteiger partial charge in [-0.3, -0.25) is 4.79 Å². The third-order valence-corrected chi connectivity index (χ3v) is 3.37. The van der Waals surface area contributed by atoms with Crippen molar-refractivity contribution in [3.63, 3.8) is 0 Å². The molecule has 0 fully saturated rings. The van der Waals surface area contributed by atoms with E-state index in [1.54, 1.807) is 6.92 Å². The van der Waals surface area contributed by atoms with Gasteiger partial charge in [0.1, 0.15) is 11.6 Å². The van der Waals surface area contributed by atoms with Crippen molar-refractivity contribution in [3.8, 4) is 5.75 Å². The fourth-order valence-electron chi connectivity index (χ4n) is 1.90. The number of halogens is 2. The van der Waals surface area contributed by atoms with Crippen LogP contribution in [0.15, 0.2) is 48.5 Å². The van der Waals surface area contributed by atoms with E-state index in [-0.39, 0.29) is 11.7 Å². The number of hydrogen-bond donors (Lipinski definition) is 1. The molecule has 0 saturated heterocycles. The lowest BCUT2D eigenvalue weighted by molar-refractivity contribution is -0.127. The lowest BCUT2D eigenvalue weighted by atomic mass is 10.1. The number of hydrogen-bond acceptors (Lipinski definition) is 2. The van der Waals surface area contributed by atoms with E-state index in [1.807, 2.05) is 24.3 Å². The van der Waals surface area contributed by atoms with E-state index in [0.717, 1.165) is 5.56 Å². The summed E-state index contributed by atoms with van der Waals surface area (Å²) < 4.78 is 18.2. The summed E-state index contributed by atoms with van der Waals surface area (Å²) in [4.78, 5) is 11.9. The van der Waals surface area contributed by atoms with E-state index in [9.17, 15) is 9.18 Å². The molecular formula is C17H17ClFNO2. The molecule has 1 atom stereocenters. The van der Waals surface area contributed by atoms with Crippen molar-refractivity contribution in [3.05, 3.63) is 64.9 Å². The first-order valence-corrected chi connectivity index (χ1v) is 7.37. The fourth-order valence-corrected chi connectivity index (χ4v) is 2.02. The van der Waals surface area contributed by atoms with E-state index in [4.69, 9.17) is 16.3 Å². The largest absolute Gasteiger partial charge is 0.481 e. The molecule has 0 aliphatic carbocycles. The van der Waals surface area contributed by atoms with Gasteiger partial charge in [-0.15, -0.1) is 0 Å². The predicted octanol–water partition coefficient (Wildman–Crippen LogP) is 3.61. The van der Waals surface area contributed by atoms with Crippen molar-refractivity contribution in [2.24, 2.45) is 0 Å². The van der Waals surface area contributed by atoms with Gasteiger partial charge in [0, 0.05) is 11.6 Å². The summed E-state index contributed by atoms with van der Waals surface area (Å²) >= 11 is 5.81. The summed E-state index contributed by atoms with van der Waals surface area (Å²) in [5.74, 6) is -0.0903. The third-order valence-electron chi connectivity index (χ3n) is 3.12. The Morgan fingerprint density at radius 3 is 2.45 bits per heavy atom. The minimum atomic E-state index is -0.643. The van der Waals surface area contributed by atoms with Gasteiger partial charge in [-0.25, -0.2) is 4.39 Å². The summed E-state index contributed by atoms with van der Waals surface area (Å²) in [5, 5.41) is 3.50. The Morgan fingerprint density at radius 2 is 1.82 bits per heavy atom. The van der Waals surface area contributed by atoms with Gasteiger partial charge < -0.3 is 10.1 Å². The smallest absolute Gasteiger partial charge is 0.260 e. The van der Waals surface area contributed by atoms with Crippen LogP contribution >= 0.6 is 11.6 Å². The zero-order valence-corrected chi connectivity index (χ0v) is 12.9. The first-order chi connectivity index (χ1) is 10.5. The molecule has 0 saturated carbocycles.